The Balaban J connectivity index is 0.00000280. The summed E-state index contributed by atoms with van der Waals surface area (Å²) in [6, 6.07) is 15.7. The molecule has 1 aromatic heterocycles. The molecule has 3 aromatic rings. The van der Waals surface area contributed by atoms with Crippen molar-refractivity contribution in [2.45, 2.75) is 26.4 Å². The summed E-state index contributed by atoms with van der Waals surface area (Å²) in [5, 5.41) is 11.2. The zero-order valence-corrected chi connectivity index (χ0v) is 19.0. The SMILES string of the molecule is CN=C(NCc1nc(-c2cccc(Cl)c2)no1)NC(C)c1ccccc1C.I. The third-order valence-electron chi connectivity index (χ3n) is 4.19. The van der Waals surface area contributed by atoms with Crippen LogP contribution in [0, 0.1) is 6.92 Å². The second kappa shape index (κ2) is 10.4. The number of aliphatic imine (C=N–C) groups is 1. The average Bonchev–Trinajstić information content (AvgIpc) is 3.14. The van der Waals surface area contributed by atoms with Crippen molar-refractivity contribution in [3.05, 3.63) is 70.6 Å². The molecule has 6 nitrogen and oxygen atoms in total. The Morgan fingerprint density at radius 1 is 1.21 bits per heavy atom. The van der Waals surface area contributed by atoms with Crippen molar-refractivity contribution >= 4 is 41.5 Å². The van der Waals surface area contributed by atoms with Gasteiger partial charge >= 0.3 is 0 Å². The molecule has 0 saturated heterocycles. The van der Waals surface area contributed by atoms with Crippen LogP contribution in [0.15, 0.2) is 58.0 Å². The first-order valence-corrected chi connectivity index (χ1v) is 9.06. The molecule has 1 atom stereocenters. The number of guanidine groups is 1. The van der Waals surface area contributed by atoms with E-state index < -0.39 is 0 Å². The van der Waals surface area contributed by atoms with Gasteiger partial charge < -0.3 is 15.2 Å². The first kappa shape index (κ1) is 22.2. The fraction of sp³-hybridized carbons (Fsp3) is 0.250. The van der Waals surface area contributed by atoms with Crippen molar-refractivity contribution in [2.75, 3.05) is 7.05 Å². The minimum Gasteiger partial charge on any atom is -0.350 e. The van der Waals surface area contributed by atoms with Crippen LogP contribution in [0.4, 0.5) is 0 Å². The van der Waals surface area contributed by atoms with Crippen molar-refractivity contribution in [3.8, 4) is 11.4 Å². The smallest absolute Gasteiger partial charge is 0.246 e. The second-order valence-corrected chi connectivity index (χ2v) is 6.61. The van der Waals surface area contributed by atoms with Gasteiger partial charge in [-0.15, -0.1) is 24.0 Å². The van der Waals surface area contributed by atoms with Crippen LogP contribution < -0.4 is 10.6 Å². The standard InChI is InChI=1S/C20H22ClN5O.HI/c1-13-7-4-5-10-17(13)14(2)24-20(22-3)23-12-18-25-19(26-27-18)15-8-6-9-16(21)11-15;/h4-11,14H,12H2,1-3H3,(H2,22,23,24);1H. The van der Waals surface area contributed by atoms with Crippen LogP contribution in [0.2, 0.25) is 5.02 Å². The van der Waals surface area contributed by atoms with Crippen LogP contribution in [0.25, 0.3) is 11.4 Å². The van der Waals surface area contributed by atoms with E-state index >= 15 is 0 Å². The molecular weight excluding hydrogens is 489 g/mol. The largest absolute Gasteiger partial charge is 0.350 e. The van der Waals surface area contributed by atoms with Crippen molar-refractivity contribution in [1.82, 2.24) is 20.8 Å². The molecule has 0 amide bonds. The molecule has 3 rings (SSSR count). The lowest BCUT2D eigenvalue weighted by Crippen LogP contribution is -2.38. The Kier molecular flexibility index (Phi) is 8.25. The Labute approximate surface area is 186 Å². The van der Waals surface area contributed by atoms with E-state index in [4.69, 9.17) is 16.1 Å². The lowest BCUT2D eigenvalue weighted by atomic mass is 10.0. The van der Waals surface area contributed by atoms with Gasteiger partial charge in [-0.1, -0.05) is 53.2 Å². The number of rotatable bonds is 5. The molecule has 0 fully saturated rings. The van der Waals surface area contributed by atoms with Gasteiger partial charge in [-0.25, -0.2) is 0 Å². The van der Waals surface area contributed by atoms with E-state index in [0.717, 1.165) is 5.56 Å². The van der Waals surface area contributed by atoms with E-state index in [-0.39, 0.29) is 30.0 Å². The summed E-state index contributed by atoms with van der Waals surface area (Å²) >= 11 is 6.01. The highest BCUT2D eigenvalue weighted by molar-refractivity contribution is 14.0. The van der Waals surface area contributed by atoms with Gasteiger partial charge in [0.05, 0.1) is 12.6 Å². The molecule has 2 aromatic carbocycles. The van der Waals surface area contributed by atoms with Crippen LogP contribution in [-0.4, -0.2) is 23.1 Å². The number of benzene rings is 2. The highest BCUT2D eigenvalue weighted by Crippen LogP contribution is 2.20. The molecule has 0 spiro atoms. The summed E-state index contributed by atoms with van der Waals surface area (Å²) in [5.74, 6) is 1.63. The van der Waals surface area contributed by atoms with E-state index in [1.807, 2.05) is 24.3 Å². The van der Waals surface area contributed by atoms with Crippen LogP contribution in [0.5, 0.6) is 0 Å². The maximum absolute atomic E-state index is 6.01. The number of nitrogens with zero attached hydrogens (tertiary/aromatic N) is 3. The summed E-state index contributed by atoms with van der Waals surface area (Å²) in [7, 11) is 1.73. The first-order chi connectivity index (χ1) is 13.1. The lowest BCUT2D eigenvalue weighted by molar-refractivity contribution is 0.375. The predicted molar refractivity (Wildman–Crippen MR) is 123 cm³/mol. The molecule has 0 bridgehead atoms. The normalized spacial score (nSPS) is 12.2. The van der Waals surface area contributed by atoms with E-state index in [9.17, 15) is 0 Å². The molecule has 0 radical (unpaired) electrons. The van der Waals surface area contributed by atoms with Gasteiger partial charge in [0.2, 0.25) is 11.7 Å². The highest BCUT2D eigenvalue weighted by atomic mass is 127. The number of hydrogen-bond donors (Lipinski definition) is 2. The lowest BCUT2D eigenvalue weighted by Gasteiger charge is -2.19. The minimum absolute atomic E-state index is 0. The Hall–Kier alpha value is -2.13. The molecule has 148 valence electrons. The van der Waals surface area contributed by atoms with Crippen LogP contribution >= 0.6 is 35.6 Å². The molecule has 1 unspecified atom stereocenters. The highest BCUT2D eigenvalue weighted by Gasteiger charge is 2.12. The number of nitrogens with one attached hydrogen (secondary N) is 2. The summed E-state index contributed by atoms with van der Waals surface area (Å²) < 4.78 is 5.31. The Morgan fingerprint density at radius 2 is 2.00 bits per heavy atom. The van der Waals surface area contributed by atoms with Gasteiger partial charge in [-0.2, -0.15) is 4.98 Å². The molecule has 0 saturated carbocycles. The van der Waals surface area contributed by atoms with Crippen molar-refractivity contribution < 1.29 is 4.52 Å². The maximum atomic E-state index is 6.01. The first-order valence-electron chi connectivity index (χ1n) is 8.68. The Morgan fingerprint density at radius 3 is 2.71 bits per heavy atom. The second-order valence-electron chi connectivity index (χ2n) is 6.17. The molecule has 0 aliphatic rings. The van der Waals surface area contributed by atoms with E-state index in [1.165, 1.54) is 11.1 Å². The van der Waals surface area contributed by atoms with Gasteiger partial charge in [0.1, 0.15) is 0 Å². The van der Waals surface area contributed by atoms with Crippen molar-refractivity contribution in [1.29, 1.82) is 0 Å². The van der Waals surface area contributed by atoms with Crippen molar-refractivity contribution in [2.24, 2.45) is 4.99 Å². The number of aryl methyl sites for hydroxylation is 1. The molecule has 0 aliphatic carbocycles. The van der Waals surface area contributed by atoms with Gasteiger partial charge in [0, 0.05) is 17.6 Å². The minimum atomic E-state index is 0. The van der Waals surface area contributed by atoms with Gasteiger partial charge in [0.15, 0.2) is 5.96 Å². The van der Waals surface area contributed by atoms with Crippen LogP contribution in [-0.2, 0) is 6.54 Å². The average molecular weight is 512 g/mol. The van der Waals surface area contributed by atoms with Crippen LogP contribution in [0.1, 0.15) is 30.0 Å². The summed E-state index contributed by atoms with van der Waals surface area (Å²) in [6.45, 7) is 4.56. The maximum Gasteiger partial charge on any atom is 0.246 e. The van der Waals surface area contributed by atoms with Gasteiger partial charge in [-0.3, -0.25) is 4.99 Å². The fourth-order valence-corrected chi connectivity index (χ4v) is 2.97. The fourth-order valence-electron chi connectivity index (χ4n) is 2.78. The summed E-state index contributed by atoms with van der Waals surface area (Å²) in [5.41, 5.74) is 3.27. The van der Waals surface area contributed by atoms with Crippen molar-refractivity contribution in [3.63, 3.8) is 0 Å². The predicted octanol–water partition coefficient (Wildman–Crippen LogP) is 4.74. The topological polar surface area (TPSA) is 75.3 Å². The summed E-state index contributed by atoms with van der Waals surface area (Å²) in [6.07, 6.45) is 0. The molecule has 1 heterocycles. The zero-order valence-electron chi connectivity index (χ0n) is 15.9. The van der Waals surface area contributed by atoms with Gasteiger partial charge in [-0.05, 0) is 37.1 Å². The van der Waals surface area contributed by atoms with Crippen LogP contribution in [0.3, 0.4) is 0 Å². The number of hydrogen-bond acceptors (Lipinski definition) is 4. The quantitative estimate of drug-likeness (QED) is 0.294. The molecule has 28 heavy (non-hydrogen) atoms. The van der Waals surface area contributed by atoms with E-state index in [2.05, 4.69) is 51.7 Å². The zero-order chi connectivity index (χ0) is 19.2. The monoisotopic (exact) mass is 511 g/mol. The molecule has 8 heteroatoms. The third-order valence-corrected chi connectivity index (χ3v) is 4.42. The van der Waals surface area contributed by atoms with Gasteiger partial charge in [0.25, 0.3) is 0 Å². The molecular formula is C20H23ClIN5O. The summed E-state index contributed by atoms with van der Waals surface area (Å²) in [4.78, 5) is 8.66. The number of aromatic nitrogens is 2. The molecule has 0 aliphatic heterocycles. The van der Waals surface area contributed by atoms with E-state index in [1.54, 1.807) is 19.2 Å². The molecule has 2 N–H and O–H groups in total. The Bertz CT molecular complexity index is 944. The number of halogens is 2. The van der Waals surface area contributed by atoms with E-state index in [0.29, 0.717) is 29.2 Å². The third kappa shape index (κ3) is 5.68.